The van der Waals surface area contributed by atoms with Crippen LogP contribution in [0.15, 0.2) is 24.3 Å². The first-order valence-electron chi connectivity index (χ1n) is 4.85. The number of hydrogen-bond donors (Lipinski definition) is 0. The summed E-state index contributed by atoms with van der Waals surface area (Å²) < 4.78 is 35.4. The lowest BCUT2D eigenvalue weighted by Gasteiger charge is -2.22. The molecule has 1 rings (SSSR count). The first-order valence-corrected chi connectivity index (χ1v) is 7.33. The van der Waals surface area contributed by atoms with Gasteiger partial charge >= 0.3 is 0 Å². The fraction of sp³-hybridized carbons (Fsp3) is 0.455. The number of hydrogen-bond acceptors (Lipinski definition) is 2. The predicted octanol–water partition coefficient (Wildman–Crippen LogP) is 2.96. The van der Waals surface area contributed by atoms with Crippen LogP contribution in [-0.4, -0.2) is 14.2 Å². The molecule has 0 aliphatic rings. The van der Waals surface area contributed by atoms with E-state index in [-0.39, 0.29) is 11.6 Å². The third kappa shape index (κ3) is 4.49. The summed E-state index contributed by atoms with van der Waals surface area (Å²) in [6.07, 6.45) is 0.339. The van der Waals surface area contributed by atoms with Crippen molar-refractivity contribution in [2.45, 2.75) is 20.3 Å². The summed E-state index contributed by atoms with van der Waals surface area (Å²) in [6.45, 7) is 3.50. The molecule has 0 N–H and O–H groups in total. The Morgan fingerprint density at radius 2 is 1.88 bits per heavy atom. The van der Waals surface area contributed by atoms with Crippen molar-refractivity contribution >= 4 is 19.7 Å². The Balaban J connectivity index is 2.85. The number of rotatable bonds is 4. The van der Waals surface area contributed by atoms with Gasteiger partial charge in [0.25, 0.3) is 0 Å². The van der Waals surface area contributed by atoms with E-state index in [1.54, 1.807) is 32.0 Å². The van der Waals surface area contributed by atoms with Crippen LogP contribution < -0.4 is 0 Å². The topological polar surface area (TPSA) is 34.1 Å². The van der Waals surface area contributed by atoms with Gasteiger partial charge in [0, 0.05) is 10.7 Å². The van der Waals surface area contributed by atoms with Crippen LogP contribution in [0.2, 0.25) is 0 Å². The molecule has 90 valence electrons. The molecule has 16 heavy (non-hydrogen) atoms. The fourth-order valence-corrected chi connectivity index (χ4v) is 3.60. The second kappa shape index (κ2) is 4.72. The maximum absolute atomic E-state index is 13.4. The van der Waals surface area contributed by atoms with Gasteiger partial charge < -0.3 is 0 Å². The Kier molecular flexibility index (Phi) is 3.97. The van der Waals surface area contributed by atoms with E-state index in [1.165, 1.54) is 6.07 Å². The molecular formula is C11H14ClFO2S. The average molecular weight is 265 g/mol. The molecule has 0 fully saturated rings. The third-order valence-electron chi connectivity index (χ3n) is 2.19. The van der Waals surface area contributed by atoms with Crippen LogP contribution in [0.4, 0.5) is 4.39 Å². The van der Waals surface area contributed by atoms with Gasteiger partial charge in [0.15, 0.2) is 0 Å². The van der Waals surface area contributed by atoms with Crippen LogP contribution in [-0.2, 0) is 15.5 Å². The largest absolute Gasteiger partial charge is 0.233 e. The molecule has 0 bridgehead atoms. The van der Waals surface area contributed by atoms with E-state index in [2.05, 4.69) is 0 Å². The first-order chi connectivity index (χ1) is 7.20. The molecule has 0 spiro atoms. The van der Waals surface area contributed by atoms with Crippen molar-refractivity contribution in [3.63, 3.8) is 0 Å². The van der Waals surface area contributed by atoms with Crippen LogP contribution in [0.3, 0.4) is 0 Å². The lowest BCUT2D eigenvalue weighted by atomic mass is 9.88. The van der Waals surface area contributed by atoms with Crippen LogP contribution in [0.25, 0.3) is 0 Å². The van der Waals surface area contributed by atoms with Gasteiger partial charge in [-0.05, 0) is 23.5 Å². The van der Waals surface area contributed by atoms with E-state index >= 15 is 0 Å². The minimum absolute atomic E-state index is 0.171. The molecule has 0 saturated carbocycles. The van der Waals surface area contributed by atoms with Gasteiger partial charge in [-0.25, -0.2) is 12.8 Å². The molecule has 0 aromatic heterocycles. The Hall–Kier alpha value is -0.610. The van der Waals surface area contributed by atoms with E-state index in [0.29, 0.717) is 12.0 Å². The summed E-state index contributed by atoms with van der Waals surface area (Å²) in [5.74, 6) is -0.488. The zero-order valence-corrected chi connectivity index (χ0v) is 10.8. The normalized spacial score (nSPS) is 12.8. The lowest BCUT2D eigenvalue weighted by molar-refractivity contribution is 0.403. The van der Waals surface area contributed by atoms with E-state index < -0.39 is 14.5 Å². The molecule has 0 amide bonds. The van der Waals surface area contributed by atoms with Gasteiger partial charge in [-0.3, -0.25) is 0 Å². The standard InChI is InChI=1S/C11H14ClFO2S/c1-11(2,8-16(12,14)15)7-9-5-3-4-6-10(9)13/h3-6H,7-8H2,1-2H3. The maximum atomic E-state index is 13.4. The molecule has 1 aromatic rings. The van der Waals surface area contributed by atoms with Gasteiger partial charge in [-0.1, -0.05) is 32.0 Å². The molecule has 0 heterocycles. The Labute approximate surface area is 99.9 Å². The van der Waals surface area contributed by atoms with Crippen molar-refractivity contribution in [2.24, 2.45) is 5.41 Å². The molecule has 0 atom stereocenters. The molecule has 2 nitrogen and oxygen atoms in total. The van der Waals surface area contributed by atoms with Crippen LogP contribution >= 0.6 is 10.7 Å². The molecule has 1 aromatic carbocycles. The van der Waals surface area contributed by atoms with Crippen molar-refractivity contribution in [2.75, 3.05) is 5.75 Å². The summed E-state index contributed by atoms with van der Waals surface area (Å²) in [5.41, 5.74) is -0.0733. The Morgan fingerprint density at radius 3 is 2.38 bits per heavy atom. The molecule has 0 aliphatic heterocycles. The summed E-state index contributed by atoms with van der Waals surface area (Å²) in [7, 11) is 1.64. The van der Waals surface area contributed by atoms with Gasteiger partial charge in [0.1, 0.15) is 5.82 Å². The van der Waals surface area contributed by atoms with Gasteiger partial charge in [-0.2, -0.15) is 0 Å². The molecular weight excluding hydrogens is 251 g/mol. The predicted molar refractivity (Wildman–Crippen MR) is 63.5 cm³/mol. The average Bonchev–Trinajstić information content (AvgIpc) is 2.04. The highest BCUT2D eigenvalue weighted by Gasteiger charge is 2.26. The fourth-order valence-electron chi connectivity index (χ4n) is 1.68. The monoisotopic (exact) mass is 264 g/mol. The summed E-state index contributed by atoms with van der Waals surface area (Å²) >= 11 is 0. The Bertz CT molecular complexity index is 469. The van der Waals surface area contributed by atoms with Crippen molar-refractivity contribution in [1.29, 1.82) is 0 Å². The molecule has 0 unspecified atom stereocenters. The molecule has 5 heteroatoms. The highest BCUT2D eigenvalue weighted by atomic mass is 35.7. The zero-order valence-electron chi connectivity index (χ0n) is 9.20. The third-order valence-corrected chi connectivity index (χ3v) is 3.64. The van der Waals surface area contributed by atoms with Crippen molar-refractivity contribution in [3.8, 4) is 0 Å². The number of benzene rings is 1. The minimum Gasteiger partial charge on any atom is -0.212 e. The summed E-state index contributed by atoms with van der Waals surface area (Å²) in [6, 6.07) is 6.34. The van der Waals surface area contributed by atoms with E-state index in [9.17, 15) is 12.8 Å². The summed E-state index contributed by atoms with van der Waals surface area (Å²) in [5, 5.41) is 0. The van der Waals surface area contributed by atoms with Crippen LogP contribution in [0.1, 0.15) is 19.4 Å². The van der Waals surface area contributed by atoms with E-state index in [0.717, 1.165) is 0 Å². The lowest BCUT2D eigenvalue weighted by Crippen LogP contribution is -2.24. The van der Waals surface area contributed by atoms with Crippen molar-refractivity contribution < 1.29 is 12.8 Å². The quantitative estimate of drug-likeness (QED) is 0.784. The van der Waals surface area contributed by atoms with Crippen LogP contribution in [0, 0.1) is 11.2 Å². The summed E-state index contributed by atoms with van der Waals surface area (Å²) in [4.78, 5) is 0. The highest BCUT2D eigenvalue weighted by molar-refractivity contribution is 8.13. The van der Waals surface area contributed by atoms with Gasteiger partial charge in [-0.15, -0.1) is 0 Å². The molecule has 0 radical (unpaired) electrons. The van der Waals surface area contributed by atoms with Crippen molar-refractivity contribution in [3.05, 3.63) is 35.6 Å². The minimum atomic E-state index is -3.56. The van der Waals surface area contributed by atoms with Gasteiger partial charge in [0.05, 0.1) is 5.75 Å². The maximum Gasteiger partial charge on any atom is 0.233 e. The van der Waals surface area contributed by atoms with E-state index in [4.69, 9.17) is 10.7 Å². The second-order valence-corrected chi connectivity index (χ2v) is 7.39. The van der Waals surface area contributed by atoms with E-state index in [1.807, 2.05) is 0 Å². The first kappa shape index (κ1) is 13.5. The smallest absolute Gasteiger partial charge is 0.212 e. The number of halogens is 2. The molecule has 0 aliphatic carbocycles. The molecule has 0 saturated heterocycles. The SMILES string of the molecule is CC(C)(Cc1ccccc1F)CS(=O)(=O)Cl. The Morgan fingerprint density at radius 1 is 1.31 bits per heavy atom. The second-order valence-electron chi connectivity index (χ2n) is 4.62. The van der Waals surface area contributed by atoms with Crippen molar-refractivity contribution in [1.82, 2.24) is 0 Å². The van der Waals surface area contributed by atoms with Gasteiger partial charge in [0.2, 0.25) is 9.05 Å². The van der Waals surface area contributed by atoms with Crippen LogP contribution in [0.5, 0.6) is 0 Å². The highest BCUT2D eigenvalue weighted by Crippen LogP contribution is 2.26. The zero-order chi connectivity index (χ0) is 12.4.